The van der Waals surface area contributed by atoms with Crippen LogP contribution in [0.2, 0.25) is 0 Å². The molecule has 2 aromatic rings. The summed E-state index contributed by atoms with van der Waals surface area (Å²) < 4.78 is 18.4. The summed E-state index contributed by atoms with van der Waals surface area (Å²) in [6.45, 7) is 0. The number of halogens is 1. The number of nitrogens with zero attached hydrogens (tertiary/aromatic N) is 1. The highest BCUT2D eigenvalue weighted by Gasteiger charge is 2.37. The summed E-state index contributed by atoms with van der Waals surface area (Å²) in [6.07, 6.45) is 0.0179. The number of aromatic hydroxyl groups is 2. The minimum absolute atomic E-state index is 0.00896. The molecule has 2 amide bonds. The minimum atomic E-state index is -0.724. The van der Waals surface area contributed by atoms with E-state index in [1.807, 2.05) is 0 Å². The standard InChI is InChI=1S/C14H10FNO5/c15-8-3-1-2-7(6-8)13-11(19)12(20)14(21-13)16-9(17)4-5-10(16)18/h1-3,6,19-20H,4-5H2. The van der Waals surface area contributed by atoms with Gasteiger partial charge in [0, 0.05) is 18.4 Å². The highest BCUT2D eigenvalue weighted by Crippen LogP contribution is 2.47. The summed E-state index contributed by atoms with van der Waals surface area (Å²) in [7, 11) is 0. The number of rotatable bonds is 2. The fourth-order valence-electron chi connectivity index (χ4n) is 2.18. The van der Waals surface area contributed by atoms with Gasteiger partial charge in [-0.1, -0.05) is 12.1 Å². The van der Waals surface area contributed by atoms with Crippen molar-refractivity contribution < 1.29 is 28.6 Å². The smallest absolute Gasteiger partial charge is 0.256 e. The molecule has 2 heterocycles. The van der Waals surface area contributed by atoms with Crippen molar-refractivity contribution in [3.63, 3.8) is 0 Å². The first kappa shape index (κ1) is 13.2. The van der Waals surface area contributed by atoms with E-state index in [0.717, 1.165) is 6.07 Å². The largest absolute Gasteiger partial charge is 0.502 e. The third-order valence-corrected chi connectivity index (χ3v) is 3.18. The molecule has 0 saturated carbocycles. The van der Waals surface area contributed by atoms with Gasteiger partial charge in [0.2, 0.25) is 23.3 Å². The first-order valence-electron chi connectivity index (χ1n) is 6.15. The van der Waals surface area contributed by atoms with Gasteiger partial charge in [-0.3, -0.25) is 9.59 Å². The van der Waals surface area contributed by atoms with Crippen LogP contribution in [0.1, 0.15) is 12.8 Å². The van der Waals surface area contributed by atoms with E-state index in [-0.39, 0.29) is 24.2 Å². The molecule has 0 spiro atoms. The van der Waals surface area contributed by atoms with Gasteiger partial charge in [0.05, 0.1) is 0 Å². The number of anilines is 1. The van der Waals surface area contributed by atoms with Crippen molar-refractivity contribution in [1.29, 1.82) is 0 Å². The van der Waals surface area contributed by atoms with E-state index in [2.05, 4.69) is 0 Å². The second-order valence-electron chi connectivity index (χ2n) is 4.57. The molecule has 0 aliphatic carbocycles. The van der Waals surface area contributed by atoms with E-state index < -0.39 is 35.0 Å². The van der Waals surface area contributed by atoms with Crippen molar-refractivity contribution in [2.24, 2.45) is 0 Å². The second-order valence-corrected chi connectivity index (χ2v) is 4.57. The lowest BCUT2D eigenvalue weighted by Gasteiger charge is -2.09. The SMILES string of the molecule is O=C1CCC(=O)N1c1oc(-c2cccc(F)c2)c(O)c1O. The predicted octanol–water partition coefficient (Wildman–Crippen LogP) is 2.15. The molecule has 21 heavy (non-hydrogen) atoms. The molecule has 0 bridgehead atoms. The molecule has 7 heteroatoms. The van der Waals surface area contributed by atoms with E-state index in [0.29, 0.717) is 4.90 Å². The maximum absolute atomic E-state index is 13.2. The average molecular weight is 291 g/mol. The first-order valence-corrected chi connectivity index (χ1v) is 6.15. The van der Waals surface area contributed by atoms with Gasteiger partial charge in [0.25, 0.3) is 5.88 Å². The maximum atomic E-state index is 13.2. The molecule has 1 saturated heterocycles. The monoisotopic (exact) mass is 291 g/mol. The Balaban J connectivity index is 2.12. The van der Waals surface area contributed by atoms with Crippen LogP contribution in [0.15, 0.2) is 28.7 Å². The van der Waals surface area contributed by atoms with Crippen LogP contribution in [0.5, 0.6) is 11.5 Å². The van der Waals surface area contributed by atoms with Crippen molar-refractivity contribution in [3.8, 4) is 22.8 Å². The summed E-state index contributed by atoms with van der Waals surface area (Å²) in [4.78, 5) is 24.0. The molecule has 6 nitrogen and oxygen atoms in total. The summed E-state index contributed by atoms with van der Waals surface area (Å²) in [6, 6.07) is 5.15. The van der Waals surface area contributed by atoms with Crippen molar-refractivity contribution in [1.82, 2.24) is 0 Å². The molecule has 1 aliphatic rings. The quantitative estimate of drug-likeness (QED) is 0.827. The van der Waals surface area contributed by atoms with Crippen LogP contribution in [-0.4, -0.2) is 22.0 Å². The molecule has 1 fully saturated rings. The fourth-order valence-corrected chi connectivity index (χ4v) is 2.18. The Morgan fingerprint density at radius 2 is 1.76 bits per heavy atom. The molecule has 0 unspecified atom stereocenters. The normalized spacial score (nSPS) is 15.0. The zero-order valence-electron chi connectivity index (χ0n) is 10.7. The Morgan fingerprint density at radius 1 is 1.10 bits per heavy atom. The first-order chi connectivity index (χ1) is 9.99. The fraction of sp³-hybridized carbons (Fsp3) is 0.143. The Morgan fingerprint density at radius 3 is 2.38 bits per heavy atom. The number of benzene rings is 1. The summed E-state index contributed by atoms with van der Waals surface area (Å²) in [5, 5.41) is 19.7. The van der Waals surface area contributed by atoms with E-state index in [9.17, 15) is 24.2 Å². The number of imide groups is 1. The summed E-state index contributed by atoms with van der Waals surface area (Å²) in [5.74, 6) is -3.66. The summed E-state index contributed by atoms with van der Waals surface area (Å²) >= 11 is 0. The molecule has 2 N–H and O–H groups in total. The lowest BCUT2D eigenvalue weighted by atomic mass is 10.1. The van der Waals surface area contributed by atoms with E-state index >= 15 is 0 Å². The van der Waals surface area contributed by atoms with Gasteiger partial charge < -0.3 is 14.6 Å². The number of hydrogen-bond acceptors (Lipinski definition) is 5. The molecular weight excluding hydrogens is 281 g/mol. The Hall–Kier alpha value is -2.83. The molecule has 108 valence electrons. The second kappa shape index (κ2) is 4.62. The Bertz CT molecular complexity index is 736. The molecular formula is C14H10FNO5. The van der Waals surface area contributed by atoms with Crippen molar-refractivity contribution in [3.05, 3.63) is 30.1 Å². The Kier molecular flexibility index (Phi) is 2.90. The van der Waals surface area contributed by atoms with Crippen LogP contribution in [0, 0.1) is 5.82 Å². The van der Waals surface area contributed by atoms with Gasteiger partial charge in [-0.25, -0.2) is 9.29 Å². The molecule has 1 aromatic carbocycles. The van der Waals surface area contributed by atoms with Gasteiger partial charge >= 0.3 is 0 Å². The van der Waals surface area contributed by atoms with E-state index in [1.54, 1.807) is 0 Å². The Labute approximate surface area is 118 Å². The van der Waals surface area contributed by atoms with Crippen LogP contribution in [0.25, 0.3) is 11.3 Å². The number of carbonyl (C=O) groups is 2. The van der Waals surface area contributed by atoms with Crippen LogP contribution >= 0.6 is 0 Å². The van der Waals surface area contributed by atoms with Gasteiger partial charge in [-0.15, -0.1) is 0 Å². The third kappa shape index (κ3) is 2.03. The summed E-state index contributed by atoms with van der Waals surface area (Å²) in [5.41, 5.74) is 0.174. The van der Waals surface area contributed by atoms with Crippen LogP contribution in [0.3, 0.4) is 0 Å². The minimum Gasteiger partial charge on any atom is -0.502 e. The van der Waals surface area contributed by atoms with Gasteiger partial charge in [0.15, 0.2) is 5.76 Å². The average Bonchev–Trinajstić information content (AvgIpc) is 2.92. The van der Waals surface area contributed by atoms with Crippen LogP contribution in [0.4, 0.5) is 10.3 Å². The molecule has 0 radical (unpaired) electrons. The van der Waals surface area contributed by atoms with Crippen LogP contribution < -0.4 is 4.90 Å². The maximum Gasteiger partial charge on any atom is 0.256 e. The van der Waals surface area contributed by atoms with Crippen LogP contribution in [-0.2, 0) is 9.59 Å². The van der Waals surface area contributed by atoms with Crippen molar-refractivity contribution >= 4 is 17.7 Å². The lowest BCUT2D eigenvalue weighted by molar-refractivity contribution is -0.121. The topological polar surface area (TPSA) is 91.0 Å². The zero-order chi connectivity index (χ0) is 15.1. The number of amides is 2. The van der Waals surface area contributed by atoms with Crippen molar-refractivity contribution in [2.75, 3.05) is 4.90 Å². The molecule has 0 atom stereocenters. The van der Waals surface area contributed by atoms with Gasteiger partial charge in [-0.2, -0.15) is 0 Å². The highest BCUT2D eigenvalue weighted by molar-refractivity contribution is 6.20. The number of furan rings is 1. The van der Waals surface area contributed by atoms with Gasteiger partial charge in [-0.05, 0) is 12.1 Å². The molecule has 1 aromatic heterocycles. The van der Waals surface area contributed by atoms with Gasteiger partial charge in [0.1, 0.15) is 5.82 Å². The number of carbonyl (C=O) groups excluding carboxylic acids is 2. The van der Waals surface area contributed by atoms with E-state index in [1.165, 1.54) is 18.2 Å². The zero-order valence-corrected chi connectivity index (χ0v) is 10.7. The third-order valence-electron chi connectivity index (χ3n) is 3.18. The molecule has 1 aliphatic heterocycles. The van der Waals surface area contributed by atoms with Crippen molar-refractivity contribution in [2.45, 2.75) is 12.8 Å². The number of hydrogen-bond donors (Lipinski definition) is 2. The van der Waals surface area contributed by atoms with E-state index in [4.69, 9.17) is 4.42 Å². The highest BCUT2D eigenvalue weighted by atomic mass is 19.1. The lowest BCUT2D eigenvalue weighted by Crippen LogP contribution is -2.28. The predicted molar refractivity (Wildman–Crippen MR) is 69.2 cm³/mol. The molecule has 3 rings (SSSR count).